The Balaban J connectivity index is 1.10. The number of aryl methyl sites for hydroxylation is 2. The van der Waals surface area contributed by atoms with Crippen molar-refractivity contribution in [1.29, 1.82) is 0 Å². The molecule has 1 atom stereocenters. The monoisotopic (exact) mass is 661 g/mol. The van der Waals surface area contributed by atoms with Crippen molar-refractivity contribution in [2.24, 2.45) is 0 Å². The molecule has 1 aliphatic rings. The van der Waals surface area contributed by atoms with Gasteiger partial charge in [0, 0.05) is 29.8 Å². The van der Waals surface area contributed by atoms with E-state index in [0.717, 1.165) is 39.9 Å². The topological polar surface area (TPSA) is 143 Å². The van der Waals surface area contributed by atoms with Crippen LogP contribution in [0.1, 0.15) is 56.8 Å². The highest BCUT2D eigenvalue weighted by Gasteiger charge is 2.27. The highest BCUT2D eigenvalue weighted by atomic mass is 16.5. The second-order valence-corrected chi connectivity index (χ2v) is 12.2. The SMILES string of the molecule is [2H]C(=O)c1cc(C(=O)N[C@H]2CCc3cc(-n4c(-c5cccnc5N)nc5c(C)cc(-n6cccn6)nc54)ccc32)ccc1OCc1ccccc1. The van der Waals surface area contributed by atoms with Gasteiger partial charge in [0.05, 0.1) is 17.2 Å². The van der Waals surface area contributed by atoms with Crippen LogP contribution in [-0.2, 0) is 13.0 Å². The molecule has 0 radical (unpaired) electrons. The third-order valence-electron chi connectivity index (χ3n) is 8.97. The number of hydrogen-bond donors (Lipinski definition) is 2. The summed E-state index contributed by atoms with van der Waals surface area (Å²) in [5, 5.41) is 7.52. The Hall–Kier alpha value is -6.62. The van der Waals surface area contributed by atoms with E-state index in [1.807, 2.05) is 84.4 Å². The molecule has 0 bridgehead atoms. The van der Waals surface area contributed by atoms with E-state index < -0.39 is 6.26 Å². The lowest BCUT2D eigenvalue weighted by atomic mass is 10.1. The van der Waals surface area contributed by atoms with Crippen LogP contribution in [0.5, 0.6) is 5.75 Å². The van der Waals surface area contributed by atoms with Crippen LogP contribution >= 0.6 is 0 Å². The third kappa shape index (κ3) is 5.64. The van der Waals surface area contributed by atoms with Gasteiger partial charge in [0.15, 0.2) is 23.6 Å². The molecule has 8 rings (SSSR count). The fraction of sp³-hybridized carbons (Fsp3) is 0.128. The molecule has 0 unspecified atom stereocenters. The molecule has 4 heterocycles. The standard InChI is InChI=1S/C39H32N8O3/c1-24-19-34(46-18-6-17-42-46)44-38-35(24)45-37(31-9-5-16-41-36(31)40)47(38)29-12-13-30-26(21-29)10-14-32(30)43-39(49)27-11-15-33(28(20-27)22-48)50-23-25-7-3-2-4-8-25/h2-9,11-13,15-22,32H,10,14,23H2,1H3,(H2,40,41)(H,43,49)/t32-/m0/s1/i22D. The van der Waals surface area contributed by atoms with Crippen molar-refractivity contribution < 1.29 is 15.7 Å². The average molecular weight is 662 g/mol. The zero-order valence-corrected chi connectivity index (χ0v) is 27.1. The first-order chi connectivity index (χ1) is 24.8. The molecule has 0 fully saturated rings. The number of carbonyl (C=O) groups is 2. The van der Waals surface area contributed by atoms with Crippen LogP contribution in [0.3, 0.4) is 0 Å². The van der Waals surface area contributed by atoms with Crippen molar-refractivity contribution >= 4 is 29.2 Å². The van der Waals surface area contributed by atoms with Gasteiger partial charge < -0.3 is 15.8 Å². The van der Waals surface area contributed by atoms with E-state index in [0.29, 0.717) is 35.1 Å². The number of imidazole rings is 1. The van der Waals surface area contributed by atoms with Crippen LogP contribution in [0.15, 0.2) is 110 Å². The van der Waals surface area contributed by atoms with E-state index in [2.05, 4.69) is 21.5 Å². The van der Waals surface area contributed by atoms with Gasteiger partial charge in [-0.1, -0.05) is 36.4 Å². The van der Waals surface area contributed by atoms with Gasteiger partial charge in [0.25, 0.3) is 5.91 Å². The first kappa shape index (κ1) is 29.5. The molecule has 3 N–H and O–H groups in total. The summed E-state index contributed by atoms with van der Waals surface area (Å²) in [5.74, 6) is 1.55. The molecule has 246 valence electrons. The van der Waals surface area contributed by atoms with Crippen LogP contribution in [-0.4, -0.2) is 41.5 Å². The molecule has 0 saturated carbocycles. The van der Waals surface area contributed by atoms with Crippen LogP contribution in [0.2, 0.25) is 0 Å². The first-order valence-corrected chi connectivity index (χ1v) is 16.2. The van der Waals surface area contributed by atoms with Crippen molar-refractivity contribution in [1.82, 2.24) is 34.6 Å². The van der Waals surface area contributed by atoms with Crippen molar-refractivity contribution in [2.75, 3.05) is 5.73 Å². The minimum Gasteiger partial charge on any atom is -0.488 e. The number of fused-ring (bicyclic) bond motifs is 2. The Morgan fingerprint density at radius 2 is 1.92 bits per heavy atom. The summed E-state index contributed by atoms with van der Waals surface area (Å²) in [6.45, 7) is 2.23. The highest BCUT2D eigenvalue weighted by molar-refractivity contribution is 5.97. The molecule has 0 spiro atoms. The molecule has 50 heavy (non-hydrogen) atoms. The number of rotatable bonds is 9. The van der Waals surface area contributed by atoms with E-state index >= 15 is 0 Å². The normalized spacial score (nSPS) is 13.9. The number of carbonyl (C=O) groups excluding carboxylic acids is 2. The lowest BCUT2D eigenvalue weighted by Crippen LogP contribution is -2.27. The lowest BCUT2D eigenvalue weighted by Gasteiger charge is -2.16. The first-order valence-electron chi connectivity index (χ1n) is 16.7. The summed E-state index contributed by atoms with van der Waals surface area (Å²) >= 11 is 0. The lowest BCUT2D eigenvalue weighted by molar-refractivity contribution is 0.0936. The van der Waals surface area contributed by atoms with Crippen LogP contribution in [0.25, 0.3) is 34.1 Å². The summed E-state index contributed by atoms with van der Waals surface area (Å²) in [6.07, 6.45) is 5.71. The van der Waals surface area contributed by atoms with Gasteiger partial charge in [-0.15, -0.1) is 0 Å². The van der Waals surface area contributed by atoms with Crippen molar-refractivity contribution in [2.45, 2.75) is 32.4 Å². The number of benzene rings is 3. The fourth-order valence-electron chi connectivity index (χ4n) is 6.48. The van der Waals surface area contributed by atoms with E-state index in [1.165, 1.54) is 6.07 Å². The number of nitrogens with two attached hydrogens (primary N) is 1. The smallest absolute Gasteiger partial charge is 0.251 e. The van der Waals surface area contributed by atoms with Gasteiger partial charge in [0.2, 0.25) is 0 Å². The van der Waals surface area contributed by atoms with Gasteiger partial charge >= 0.3 is 0 Å². The Bertz CT molecular complexity index is 2440. The molecule has 0 aliphatic heterocycles. The van der Waals surface area contributed by atoms with Crippen LogP contribution in [0, 0.1) is 6.92 Å². The van der Waals surface area contributed by atoms with Gasteiger partial charge in [-0.25, -0.2) is 19.6 Å². The van der Waals surface area contributed by atoms with Gasteiger partial charge in [-0.05, 0) is 96.6 Å². The molecule has 1 amide bonds. The zero-order chi connectivity index (χ0) is 35.1. The van der Waals surface area contributed by atoms with E-state index in [1.54, 1.807) is 29.2 Å². The number of aldehydes is 1. The average Bonchev–Trinajstić information content (AvgIpc) is 3.91. The number of anilines is 1. The molecule has 0 saturated heterocycles. The summed E-state index contributed by atoms with van der Waals surface area (Å²) in [4.78, 5) is 40.1. The number of amides is 1. The Kier molecular flexibility index (Phi) is 7.54. The second-order valence-electron chi connectivity index (χ2n) is 12.2. The number of nitrogens with one attached hydrogen (secondary N) is 1. The number of ether oxygens (including phenoxy) is 1. The van der Waals surface area contributed by atoms with Gasteiger partial charge in [-0.3, -0.25) is 14.2 Å². The van der Waals surface area contributed by atoms with Crippen molar-refractivity contribution in [3.8, 4) is 28.6 Å². The Morgan fingerprint density at radius 3 is 2.72 bits per heavy atom. The maximum Gasteiger partial charge on any atom is 0.251 e. The maximum atomic E-state index is 13.5. The van der Waals surface area contributed by atoms with Gasteiger partial charge in [-0.2, -0.15) is 5.10 Å². The Labute approximate surface area is 288 Å². The molecule has 11 heteroatoms. The van der Waals surface area contributed by atoms with Gasteiger partial charge in [0.1, 0.15) is 25.1 Å². The predicted octanol–water partition coefficient (Wildman–Crippen LogP) is 6.37. The molecule has 7 aromatic rings. The van der Waals surface area contributed by atoms with E-state index in [9.17, 15) is 9.59 Å². The summed E-state index contributed by atoms with van der Waals surface area (Å²) < 4.78 is 17.4. The van der Waals surface area contributed by atoms with Crippen molar-refractivity contribution in [3.63, 3.8) is 0 Å². The quantitative estimate of drug-likeness (QED) is 0.170. The van der Waals surface area contributed by atoms with Crippen LogP contribution in [0.4, 0.5) is 5.82 Å². The number of nitrogen functional groups attached to an aromatic ring is 1. The highest BCUT2D eigenvalue weighted by Crippen LogP contribution is 2.37. The number of aromatic nitrogens is 6. The number of pyridine rings is 2. The third-order valence-corrected chi connectivity index (χ3v) is 8.97. The molecular formula is C39H32N8O3. The zero-order valence-electron chi connectivity index (χ0n) is 28.1. The molecule has 1 aliphatic carbocycles. The van der Waals surface area contributed by atoms with Crippen molar-refractivity contribution in [3.05, 3.63) is 143 Å². The maximum absolute atomic E-state index is 13.5. The number of nitrogens with zero attached hydrogens (tertiary/aromatic N) is 6. The molecule has 3 aromatic carbocycles. The second kappa shape index (κ2) is 12.8. The number of hydrogen-bond acceptors (Lipinski definition) is 8. The van der Waals surface area contributed by atoms with E-state index in [-0.39, 0.29) is 35.4 Å². The van der Waals surface area contributed by atoms with E-state index in [4.69, 9.17) is 21.8 Å². The Morgan fingerprint density at radius 1 is 1.04 bits per heavy atom. The molecular weight excluding hydrogens is 628 g/mol. The largest absolute Gasteiger partial charge is 0.488 e. The molecule has 4 aromatic heterocycles. The minimum absolute atomic E-state index is 0.0345. The summed E-state index contributed by atoms with van der Waals surface area (Å²) in [6, 6.07) is 27.5. The van der Waals surface area contributed by atoms with Crippen LogP contribution < -0.4 is 15.8 Å². The predicted molar refractivity (Wildman–Crippen MR) is 189 cm³/mol. The molecule has 11 nitrogen and oxygen atoms in total. The minimum atomic E-state index is -0.924. The summed E-state index contributed by atoms with van der Waals surface area (Å²) in [5.41, 5.74) is 13.5. The summed E-state index contributed by atoms with van der Waals surface area (Å²) in [7, 11) is 0. The fourth-order valence-corrected chi connectivity index (χ4v) is 6.48.